The SMILES string of the molecule is COC(=O)c1cc(-c2c(C(F)(F)F)oc3c(C)c(O)ccc3c2=O)c(C)o1. The van der Waals surface area contributed by atoms with Gasteiger partial charge in [0.1, 0.15) is 17.1 Å². The minimum atomic E-state index is -5.00. The van der Waals surface area contributed by atoms with E-state index in [1.807, 2.05) is 0 Å². The second-order valence-electron chi connectivity index (χ2n) is 5.79. The Morgan fingerprint density at radius 3 is 2.44 bits per heavy atom. The lowest BCUT2D eigenvalue weighted by Crippen LogP contribution is -2.16. The molecule has 0 bridgehead atoms. The number of carbonyl (C=O) groups excluding carboxylic acids is 1. The van der Waals surface area contributed by atoms with Crippen LogP contribution in [0.2, 0.25) is 0 Å². The minimum absolute atomic E-state index is 0.000755. The molecule has 0 amide bonds. The summed E-state index contributed by atoms with van der Waals surface area (Å²) in [5.74, 6) is -3.18. The van der Waals surface area contributed by atoms with E-state index in [0.29, 0.717) is 0 Å². The molecule has 2 aromatic heterocycles. The molecule has 3 aromatic rings. The monoisotopic (exact) mass is 382 g/mol. The van der Waals surface area contributed by atoms with Gasteiger partial charge in [-0.05, 0) is 32.0 Å². The molecule has 0 atom stereocenters. The Labute approximate surface area is 149 Å². The predicted molar refractivity (Wildman–Crippen MR) is 87.7 cm³/mol. The Balaban J connectivity index is 2.44. The van der Waals surface area contributed by atoms with Gasteiger partial charge in [0.25, 0.3) is 0 Å². The van der Waals surface area contributed by atoms with E-state index < -0.39 is 28.9 Å². The number of hydrogen-bond acceptors (Lipinski definition) is 6. The minimum Gasteiger partial charge on any atom is -0.508 e. The molecular weight excluding hydrogens is 369 g/mol. The van der Waals surface area contributed by atoms with Crippen LogP contribution in [-0.4, -0.2) is 18.2 Å². The van der Waals surface area contributed by atoms with Crippen LogP contribution in [0.15, 0.2) is 31.8 Å². The molecule has 0 aliphatic carbocycles. The number of phenols is 1. The number of aromatic hydroxyl groups is 1. The Bertz CT molecular complexity index is 1120. The highest BCUT2D eigenvalue weighted by atomic mass is 19.4. The van der Waals surface area contributed by atoms with Gasteiger partial charge in [-0.25, -0.2) is 4.79 Å². The van der Waals surface area contributed by atoms with Gasteiger partial charge in [0.05, 0.1) is 18.1 Å². The fraction of sp³-hybridized carbons (Fsp3) is 0.222. The Morgan fingerprint density at radius 2 is 1.85 bits per heavy atom. The first-order chi connectivity index (χ1) is 12.6. The third-order valence-electron chi connectivity index (χ3n) is 4.11. The summed E-state index contributed by atoms with van der Waals surface area (Å²) in [5.41, 5.74) is -2.35. The number of alkyl halides is 3. The fourth-order valence-corrected chi connectivity index (χ4v) is 2.76. The lowest BCUT2D eigenvalue weighted by Gasteiger charge is -2.13. The zero-order chi connectivity index (χ0) is 20.1. The summed E-state index contributed by atoms with van der Waals surface area (Å²) in [4.78, 5) is 24.5. The Morgan fingerprint density at radius 1 is 1.19 bits per heavy atom. The van der Waals surface area contributed by atoms with Crippen molar-refractivity contribution in [1.29, 1.82) is 0 Å². The molecule has 0 unspecified atom stereocenters. The average molecular weight is 382 g/mol. The van der Waals surface area contributed by atoms with E-state index in [-0.39, 0.29) is 39.4 Å². The number of phenolic OH excluding ortho intramolecular Hbond substituents is 1. The number of benzene rings is 1. The van der Waals surface area contributed by atoms with Crippen LogP contribution in [0.5, 0.6) is 5.75 Å². The molecule has 0 fully saturated rings. The standard InChI is InChI=1S/C18H13F3O6/c1-7-11(22)5-4-9-14(23)13(16(18(19,20)21)27-15(7)9)10-6-12(17(24)25-3)26-8(10)2/h4-6,22H,1-3H3. The van der Waals surface area contributed by atoms with Gasteiger partial charge in [0, 0.05) is 11.1 Å². The maximum atomic E-state index is 13.6. The van der Waals surface area contributed by atoms with Gasteiger partial charge in [-0.3, -0.25) is 4.79 Å². The number of methoxy groups -OCH3 is 1. The molecular formula is C18H13F3O6. The number of furan rings is 1. The number of hydrogen-bond donors (Lipinski definition) is 1. The van der Waals surface area contributed by atoms with Gasteiger partial charge in [0.2, 0.25) is 16.9 Å². The predicted octanol–water partition coefficient (Wildman–Crippen LogP) is 4.18. The molecule has 0 saturated heterocycles. The summed E-state index contributed by atoms with van der Waals surface area (Å²) in [6, 6.07) is 3.36. The number of rotatable bonds is 2. The second kappa shape index (κ2) is 6.19. The van der Waals surface area contributed by atoms with Gasteiger partial charge in [-0.1, -0.05) is 0 Å². The summed E-state index contributed by atoms with van der Waals surface area (Å²) >= 11 is 0. The van der Waals surface area contributed by atoms with Crippen LogP contribution < -0.4 is 5.43 Å². The van der Waals surface area contributed by atoms with Crippen LogP contribution in [0, 0.1) is 13.8 Å². The van der Waals surface area contributed by atoms with Crippen molar-refractivity contribution in [3.05, 3.63) is 51.3 Å². The van der Waals surface area contributed by atoms with Crippen molar-refractivity contribution >= 4 is 16.9 Å². The van der Waals surface area contributed by atoms with Gasteiger partial charge >= 0.3 is 12.1 Å². The van der Waals surface area contributed by atoms with Crippen LogP contribution in [0.4, 0.5) is 13.2 Å². The maximum absolute atomic E-state index is 13.6. The molecule has 2 heterocycles. The number of esters is 1. The van der Waals surface area contributed by atoms with E-state index in [9.17, 15) is 27.9 Å². The van der Waals surface area contributed by atoms with E-state index in [1.165, 1.54) is 26.0 Å². The largest absolute Gasteiger partial charge is 0.508 e. The van der Waals surface area contributed by atoms with Gasteiger partial charge < -0.3 is 18.7 Å². The molecule has 0 spiro atoms. The first kappa shape index (κ1) is 18.6. The number of carbonyl (C=O) groups is 1. The van der Waals surface area contributed by atoms with Crippen molar-refractivity contribution < 1.29 is 36.6 Å². The van der Waals surface area contributed by atoms with Crippen LogP contribution in [0.3, 0.4) is 0 Å². The average Bonchev–Trinajstić information content (AvgIpc) is 2.98. The van der Waals surface area contributed by atoms with Crippen molar-refractivity contribution in [2.24, 2.45) is 0 Å². The van der Waals surface area contributed by atoms with Crippen LogP contribution in [-0.2, 0) is 10.9 Å². The lowest BCUT2D eigenvalue weighted by atomic mass is 10.0. The lowest BCUT2D eigenvalue weighted by molar-refractivity contribution is -0.152. The highest BCUT2D eigenvalue weighted by Crippen LogP contribution is 2.40. The number of ether oxygens (including phenoxy) is 1. The van der Waals surface area contributed by atoms with Crippen LogP contribution in [0.25, 0.3) is 22.1 Å². The quantitative estimate of drug-likeness (QED) is 0.669. The zero-order valence-electron chi connectivity index (χ0n) is 14.4. The Kier molecular flexibility index (Phi) is 4.25. The van der Waals surface area contributed by atoms with E-state index in [4.69, 9.17) is 8.83 Å². The third kappa shape index (κ3) is 2.94. The fourth-order valence-electron chi connectivity index (χ4n) is 2.76. The van der Waals surface area contributed by atoms with E-state index in [1.54, 1.807) is 0 Å². The summed E-state index contributed by atoms with van der Waals surface area (Å²) in [6.07, 6.45) is -5.00. The van der Waals surface area contributed by atoms with Gasteiger partial charge in [0.15, 0.2) is 0 Å². The molecule has 1 aromatic carbocycles. The summed E-state index contributed by atoms with van der Waals surface area (Å²) in [5, 5.41) is 9.57. The summed E-state index contributed by atoms with van der Waals surface area (Å²) in [7, 11) is 1.08. The highest BCUT2D eigenvalue weighted by molar-refractivity contribution is 5.91. The first-order valence-electron chi connectivity index (χ1n) is 7.62. The van der Waals surface area contributed by atoms with Crippen LogP contribution >= 0.6 is 0 Å². The summed E-state index contributed by atoms with van der Waals surface area (Å²) in [6.45, 7) is 2.65. The molecule has 0 radical (unpaired) electrons. The second-order valence-corrected chi connectivity index (χ2v) is 5.79. The molecule has 9 heteroatoms. The van der Waals surface area contributed by atoms with Crippen molar-refractivity contribution in [3.8, 4) is 16.9 Å². The smallest absolute Gasteiger partial charge is 0.450 e. The molecule has 0 saturated carbocycles. The molecule has 6 nitrogen and oxygen atoms in total. The molecule has 3 rings (SSSR count). The van der Waals surface area contributed by atoms with Crippen LogP contribution in [0.1, 0.15) is 27.6 Å². The number of halogens is 3. The van der Waals surface area contributed by atoms with E-state index in [0.717, 1.165) is 13.2 Å². The van der Waals surface area contributed by atoms with Gasteiger partial charge in [-0.15, -0.1) is 0 Å². The number of aryl methyl sites for hydroxylation is 2. The number of fused-ring (bicyclic) bond motifs is 1. The van der Waals surface area contributed by atoms with Crippen molar-refractivity contribution in [3.63, 3.8) is 0 Å². The molecule has 1 N–H and O–H groups in total. The normalized spacial score (nSPS) is 11.8. The first-order valence-corrected chi connectivity index (χ1v) is 7.62. The topological polar surface area (TPSA) is 89.9 Å². The van der Waals surface area contributed by atoms with E-state index >= 15 is 0 Å². The molecule has 0 aliphatic heterocycles. The molecule has 27 heavy (non-hydrogen) atoms. The molecule has 142 valence electrons. The zero-order valence-corrected chi connectivity index (χ0v) is 14.4. The third-order valence-corrected chi connectivity index (χ3v) is 4.11. The highest BCUT2D eigenvalue weighted by Gasteiger charge is 2.40. The van der Waals surface area contributed by atoms with Crippen molar-refractivity contribution in [2.45, 2.75) is 20.0 Å². The van der Waals surface area contributed by atoms with Crippen molar-refractivity contribution in [2.75, 3.05) is 7.11 Å². The van der Waals surface area contributed by atoms with E-state index in [2.05, 4.69) is 4.74 Å². The molecule has 0 aliphatic rings. The summed E-state index contributed by atoms with van der Waals surface area (Å²) < 4.78 is 55.5. The Hall–Kier alpha value is -3.23. The van der Waals surface area contributed by atoms with Crippen molar-refractivity contribution in [1.82, 2.24) is 0 Å². The maximum Gasteiger partial charge on any atom is 0.450 e. The van der Waals surface area contributed by atoms with Gasteiger partial charge in [-0.2, -0.15) is 13.2 Å².